The molecule has 0 aromatic carbocycles. The number of nitriles is 1. The summed E-state index contributed by atoms with van der Waals surface area (Å²) >= 11 is 6.23. The van der Waals surface area contributed by atoms with Crippen molar-refractivity contribution in [3.05, 3.63) is 36.3 Å². The lowest BCUT2D eigenvalue weighted by Gasteiger charge is -2.00. The van der Waals surface area contributed by atoms with Crippen LogP contribution in [0.2, 0.25) is 0 Å². The van der Waals surface area contributed by atoms with Gasteiger partial charge in [0.1, 0.15) is 11.1 Å². The number of rotatable bonds is 2. The molecule has 0 fully saturated rings. The summed E-state index contributed by atoms with van der Waals surface area (Å²) in [5, 5.41) is 12.6. The molecule has 0 saturated carbocycles. The van der Waals surface area contributed by atoms with Crippen LogP contribution in [0.5, 0.6) is 0 Å². The minimum absolute atomic E-state index is 0.170. The summed E-state index contributed by atoms with van der Waals surface area (Å²) in [4.78, 5) is 13.8. The molecule has 2 heterocycles. The van der Waals surface area contributed by atoms with Crippen LogP contribution < -0.4 is 5.32 Å². The van der Waals surface area contributed by atoms with E-state index in [0.29, 0.717) is 15.4 Å². The van der Waals surface area contributed by atoms with Gasteiger partial charge in [0.2, 0.25) is 0 Å². The first kappa shape index (κ1) is 14.3. The molecule has 6 heteroatoms. The van der Waals surface area contributed by atoms with Crippen molar-refractivity contribution in [2.45, 2.75) is 20.8 Å². The van der Waals surface area contributed by atoms with E-state index >= 15 is 0 Å². The van der Waals surface area contributed by atoms with Crippen molar-refractivity contribution in [2.75, 3.05) is 5.32 Å². The minimum atomic E-state index is -0.170. The lowest BCUT2D eigenvalue weighted by Crippen LogP contribution is -2.09. The molecule has 1 amide bonds. The predicted molar refractivity (Wildman–Crippen MR) is 83.2 cm³/mol. The van der Waals surface area contributed by atoms with Gasteiger partial charge in [-0.2, -0.15) is 5.26 Å². The van der Waals surface area contributed by atoms with Crippen molar-refractivity contribution in [1.29, 1.82) is 5.26 Å². The summed E-state index contributed by atoms with van der Waals surface area (Å²) in [6, 6.07) is 3.98. The molecule has 2 rings (SSSR count). The molecule has 2 aromatic heterocycles. The second-order valence-electron chi connectivity index (χ2n) is 4.12. The number of nitrogens with zero attached hydrogens (tertiary/aromatic N) is 1. The molecular formula is C13H11BrN2OS2. The van der Waals surface area contributed by atoms with Crippen molar-refractivity contribution >= 4 is 49.5 Å². The van der Waals surface area contributed by atoms with E-state index in [2.05, 4.69) is 27.3 Å². The fourth-order valence-electron chi connectivity index (χ4n) is 1.59. The number of amides is 1. The van der Waals surface area contributed by atoms with Gasteiger partial charge in [-0.05, 0) is 53.9 Å². The Bertz CT molecular complexity index is 675. The highest BCUT2D eigenvalue weighted by Crippen LogP contribution is 2.33. The van der Waals surface area contributed by atoms with Gasteiger partial charge >= 0.3 is 0 Å². The summed E-state index contributed by atoms with van der Waals surface area (Å²) in [5.41, 5.74) is 2.53. The number of carbonyl (C=O) groups excluding carboxylic acids is 1. The van der Waals surface area contributed by atoms with Crippen LogP contribution in [0.25, 0.3) is 0 Å². The fraction of sp³-hybridized carbons (Fsp3) is 0.231. The zero-order chi connectivity index (χ0) is 14.2. The maximum atomic E-state index is 12.1. The summed E-state index contributed by atoms with van der Waals surface area (Å²) in [7, 11) is 0. The van der Waals surface area contributed by atoms with E-state index in [1.54, 1.807) is 0 Å². The molecule has 19 heavy (non-hydrogen) atoms. The molecule has 0 spiro atoms. The molecule has 0 atom stereocenters. The van der Waals surface area contributed by atoms with Crippen LogP contribution in [0, 0.1) is 32.1 Å². The van der Waals surface area contributed by atoms with Crippen molar-refractivity contribution in [3.63, 3.8) is 0 Å². The number of carbonyl (C=O) groups is 1. The highest BCUT2D eigenvalue weighted by atomic mass is 79.9. The number of anilines is 1. The number of nitrogens with one attached hydrogen (secondary N) is 1. The number of aryl methyl sites for hydroxylation is 2. The molecule has 98 valence electrons. The van der Waals surface area contributed by atoms with E-state index in [1.807, 2.05) is 26.8 Å². The highest BCUT2D eigenvalue weighted by Gasteiger charge is 2.17. The highest BCUT2D eigenvalue weighted by molar-refractivity contribution is 9.11. The van der Waals surface area contributed by atoms with Gasteiger partial charge in [-0.15, -0.1) is 22.7 Å². The Balaban J connectivity index is 2.29. The summed E-state index contributed by atoms with van der Waals surface area (Å²) < 4.78 is 0.955. The lowest BCUT2D eigenvalue weighted by atomic mass is 10.2. The lowest BCUT2D eigenvalue weighted by molar-refractivity contribution is 0.103. The standard InChI is InChI=1S/C13H11BrN2OS2/c1-6-4-10(19-11(6)14)12(17)16-13-9(5-15)7(2)8(3)18-13/h4H,1-3H3,(H,16,17). The quantitative estimate of drug-likeness (QED) is 0.855. The molecule has 0 unspecified atom stereocenters. The Hall–Kier alpha value is -1.16. The van der Waals surface area contributed by atoms with Crippen molar-refractivity contribution in [3.8, 4) is 6.07 Å². The Labute approximate surface area is 128 Å². The van der Waals surface area contributed by atoms with E-state index in [-0.39, 0.29) is 5.91 Å². The fourth-order valence-corrected chi connectivity index (χ4v) is 4.02. The van der Waals surface area contributed by atoms with E-state index in [9.17, 15) is 4.79 Å². The first-order valence-corrected chi connectivity index (χ1v) is 7.94. The van der Waals surface area contributed by atoms with E-state index in [0.717, 1.165) is 19.8 Å². The van der Waals surface area contributed by atoms with Crippen LogP contribution >= 0.6 is 38.6 Å². The Morgan fingerprint density at radius 2 is 2.05 bits per heavy atom. The van der Waals surface area contributed by atoms with Gasteiger partial charge in [0.15, 0.2) is 0 Å². The molecule has 0 radical (unpaired) electrons. The first-order chi connectivity index (χ1) is 8.93. The molecule has 3 nitrogen and oxygen atoms in total. The largest absolute Gasteiger partial charge is 0.312 e. The SMILES string of the molecule is Cc1cc(C(=O)Nc2sc(C)c(C)c2C#N)sc1Br. The summed E-state index contributed by atoms with van der Waals surface area (Å²) in [6.45, 7) is 5.78. The Morgan fingerprint density at radius 3 is 2.58 bits per heavy atom. The van der Waals surface area contributed by atoms with Gasteiger partial charge in [0.25, 0.3) is 5.91 Å². The predicted octanol–water partition coefficient (Wildman–Crippen LogP) is 4.62. The third kappa shape index (κ3) is 2.73. The molecule has 0 aliphatic heterocycles. The van der Waals surface area contributed by atoms with Crippen LogP contribution in [-0.4, -0.2) is 5.91 Å². The zero-order valence-electron chi connectivity index (χ0n) is 10.6. The van der Waals surface area contributed by atoms with Crippen LogP contribution in [0.15, 0.2) is 9.85 Å². The van der Waals surface area contributed by atoms with Gasteiger partial charge in [-0.1, -0.05) is 0 Å². The summed E-state index contributed by atoms with van der Waals surface area (Å²) in [6.07, 6.45) is 0. The Kier molecular flexibility index (Phi) is 4.09. The zero-order valence-corrected chi connectivity index (χ0v) is 13.8. The second-order valence-corrected chi connectivity index (χ2v) is 7.72. The topological polar surface area (TPSA) is 52.9 Å². The minimum Gasteiger partial charge on any atom is -0.312 e. The third-order valence-corrected chi connectivity index (χ3v) is 6.06. The average Bonchev–Trinajstić information content (AvgIpc) is 2.82. The number of halogens is 1. The number of hydrogen-bond acceptors (Lipinski definition) is 4. The molecular weight excluding hydrogens is 344 g/mol. The molecule has 0 aliphatic carbocycles. The van der Waals surface area contributed by atoms with Crippen LogP contribution in [-0.2, 0) is 0 Å². The normalized spacial score (nSPS) is 10.3. The van der Waals surface area contributed by atoms with E-state index in [4.69, 9.17) is 5.26 Å². The molecule has 1 N–H and O–H groups in total. The van der Waals surface area contributed by atoms with Gasteiger partial charge in [0, 0.05) is 4.88 Å². The first-order valence-electron chi connectivity index (χ1n) is 5.51. The van der Waals surface area contributed by atoms with Gasteiger partial charge < -0.3 is 5.32 Å². The van der Waals surface area contributed by atoms with Crippen molar-refractivity contribution in [2.24, 2.45) is 0 Å². The van der Waals surface area contributed by atoms with Crippen molar-refractivity contribution < 1.29 is 4.79 Å². The molecule has 0 saturated heterocycles. The van der Waals surface area contributed by atoms with Crippen LogP contribution in [0.4, 0.5) is 5.00 Å². The number of thiophene rings is 2. The average molecular weight is 355 g/mol. The van der Waals surface area contributed by atoms with Crippen LogP contribution in [0.1, 0.15) is 31.2 Å². The second kappa shape index (κ2) is 5.45. The van der Waals surface area contributed by atoms with Gasteiger partial charge in [-0.25, -0.2) is 0 Å². The summed E-state index contributed by atoms with van der Waals surface area (Å²) in [5.74, 6) is -0.170. The maximum Gasteiger partial charge on any atom is 0.266 e. The number of hydrogen-bond donors (Lipinski definition) is 1. The van der Waals surface area contributed by atoms with Crippen LogP contribution in [0.3, 0.4) is 0 Å². The Morgan fingerprint density at radius 1 is 1.37 bits per heavy atom. The molecule has 2 aromatic rings. The van der Waals surface area contributed by atoms with E-state index in [1.165, 1.54) is 22.7 Å². The third-order valence-electron chi connectivity index (χ3n) is 2.81. The van der Waals surface area contributed by atoms with Crippen molar-refractivity contribution in [1.82, 2.24) is 0 Å². The molecule has 0 aliphatic rings. The van der Waals surface area contributed by atoms with Gasteiger partial charge in [-0.3, -0.25) is 4.79 Å². The van der Waals surface area contributed by atoms with Gasteiger partial charge in [0.05, 0.1) is 14.2 Å². The van der Waals surface area contributed by atoms with E-state index < -0.39 is 0 Å². The smallest absolute Gasteiger partial charge is 0.266 e. The monoisotopic (exact) mass is 354 g/mol. The maximum absolute atomic E-state index is 12.1. The molecule has 0 bridgehead atoms.